The normalized spacial score (nSPS) is 11.6. The van der Waals surface area contributed by atoms with Gasteiger partial charge in [0.2, 0.25) is 5.91 Å². The van der Waals surface area contributed by atoms with E-state index < -0.39 is 17.6 Å². The molecule has 9 heteroatoms. The Labute approximate surface area is 186 Å². The first-order valence-electron chi connectivity index (χ1n) is 9.76. The van der Waals surface area contributed by atoms with Gasteiger partial charge in [0.05, 0.1) is 11.3 Å². The Morgan fingerprint density at radius 3 is 2.59 bits per heavy atom. The molecule has 0 unspecified atom stereocenters. The van der Waals surface area contributed by atoms with Crippen LogP contribution < -0.4 is 5.32 Å². The number of nitrogens with zero attached hydrogens (tertiary/aromatic N) is 3. The van der Waals surface area contributed by atoms with Crippen LogP contribution in [0.25, 0.3) is 10.8 Å². The Bertz CT molecular complexity index is 1260. The SMILES string of the molecule is Cn1c(Cc2cccc3ccccc23)nnc1SCC(=O)Nc1cccc(C(F)(F)F)c1. The highest BCUT2D eigenvalue weighted by molar-refractivity contribution is 7.99. The molecular weight excluding hydrogens is 437 g/mol. The smallest absolute Gasteiger partial charge is 0.325 e. The molecule has 164 valence electrons. The van der Waals surface area contributed by atoms with Crippen LogP contribution in [-0.2, 0) is 24.4 Å². The minimum absolute atomic E-state index is 0.00349. The number of carbonyl (C=O) groups is 1. The molecule has 0 saturated carbocycles. The van der Waals surface area contributed by atoms with Gasteiger partial charge in [-0.05, 0) is 34.5 Å². The third-order valence-electron chi connectivity index (χ3n) is 4.96. The third kappa shape index (κ3) is 4.94. The lowest BCUT2D eigenvalue weighted by Gasteiger charge is -2.10. The van der Waals surface area contributed by atoms with Crippen molar-refractivity contribution in [3.8, 4) is 0 Å². The van der Waals surface area contributed by atoms with E-state index in [1.165, 1.54) is 23.9 Å². The fraction of sp³-hybridized carbons (Fsp3) is 0.174. The van der Waals surface area contributed by atoms with Crippen LogP contribution in [-0.4, -0.2) is 26.4 Å². The lowest BCUT2D eigenvalue weighted by Crippen LogP contribution is -2.15. The summed E-state index contributed by atoms with van der Waals surface area (Å²) in [5.74, 6) is 0.325. The average molecular weight is 456 g/mol. The molecule has 0 fully saturated rings. The number of amides is 1. The van der Waals surface area contributed by atoms with Crippen LogP contribution >= 0.6 is 11.8 Å². The molecule has 4 aromatic rings. The molecule has 5 nitrogen and oxygen atoms in total. The molecule has 0 aliphatic carbocycles. The molecule has 1 heterocycles. The standard InChI is InChI=1S/C23H19F3N4OS/c1-30-20(12-16-8-4-7-15-6-2-3-11-19(15)16)28-29-22(30)32-14-21(31)27-18-10-5-9-17(13-18)23(24,25)26/h2-11,13H,12,14H2,1H3,(H,27,31). The van der Waals surface area contributed by atoms with Gasteiger partial charge in [0.1, 0.15) is 5.82 Å². The second-order valence-corrected chi connectivity index (χ2v) is 8.13. The van der Waals surface area contributed by atoms with E-state index in [1.54, 1.807) is 0 Å². The van der Waals surface area contributed by atoms with Gasteiger partial charge in [0.25, 0.3) is 0 Å². The number of hydrogen-bond acceptors (Lipinski definition) is 4. The Morgan fingerprint density at radius 1 is 1.03 bits per heavy atom. The topological polar surface area (TPSA) is 59.8 Å². The fourth-order valence-electron chi connectivity index (χ4n) is 3.34. The zero-order valence-corrected chi connectivity index (χ0v) is 17.9. The summed E-state index contributed by atoms with van der Waals surface area (Å²) in [6.45, 7) is 0. The van der Waals surface area contributed by atoms with Gasteiger partial charge >= 0.3 is 6.18 Å². The molecule has 0 radical (unpaired) electrons. The summed E-state index contributed by atoms with van der Waals surface area (Å²) in [6, 6.07) is 18.8. The van der Waals surface area contributed by atoms with E-state index in [9.17, 15) is 18.0 Å². The molecule has 0 spiro atoms. The first-order chi connectivity index (χ1) is 15.3. The highest BCUT2D eigenvalue weighted by Gasteiger charge is 2.30. The predicted octanol–water partition coefficient (Wildman–Crippen LogP) is 5.31. The molecule has 1 aromatic heterocycles. The largest absolute Gasteiger partial charge is 0.416 e. The molecule has 0 aliphatic rings. The number of hydrogen-bond donors (Lipinski definition) is 1. The zero-order valence-electron chi connectivity index (χ0n) is 17.1. The Morgan fingerprint density at radius 2 is 1.78 bits per heavy atom. The second-order valence-electron chi connectivity index (χ2n) is 7.19. The highest BCUT2D eigenvalue weighted by atomic mass is 32.2. The molecule has 0 atom stereocenters. The van der Waals surface area contributed by atoms with Gasteiger partial charge in [-0.1, -0.05) is 60.3 Å². The van der Waals surface area contributed by atoms with Gasteiger partial charge in [-0.3, -0.25) is 4.79 Å². The van der Waals surface area contributed by atoms with Gasteiger partial charge < -0.3 is 9.88 Å². The number of anilines is 1. The number of thioether (sulfide) groups is 1. The quantitative estimate of drug-likeness (QED) is 0.400. The lowest BCUT2D eigenvalue weighted by atomic mass is 10.0. The summed E-state index contributed by atoms with van der Waals surface area (Å²) in [5.41, 5.74) is 0.409. The summed E-state index contributed by atoms with van der Waals surface area (Å²) >= 11 is 1.17. The number of nitrogens with one attached hydrogen (secondary N) is 1. The van der Waals surface area contributed by atoms with Crippen LogP contribution in [0.3, 0.4) is 0 Å². The minimum Gasteiger partial charge on any atom is -0.325 e. The van der Waals surface area contributed by atoms with Crippen LogP contribution in [0.1, 0.15) is 17.0 Å². The fourth-order valence-corrected chi connectivity index (χ4v) is 4.07. The molecule has 0 aliphatic heterocycles. The van der Waals surface area contributed by atoms with E-state index >= 15 is 0 Å². The molecule has 4 rings (SSSR count). The van der Waals surface area contributed by atoms with E-state index in [0.717, 1.165) is 34.3 Å². The number of carbonyl (C=O) groups excluding carboxylic acids is 1. The Balaban J connectivity index is 1.40. The first kappa shape index (κ1) is 21.9. The first-order valence-corrected chi connectivity index (χ1v) is 10.7. The number of benzene rings is 3. The van der Waals surface area contributed by atoms with Crippen molar-refractivity contribution in [2.75, 3.05) is 11.1 Å². The Hall–Kier alpha value is -3.33. The van der Waals surface area contributed by atoms with Gasteiger partial charge in [-0.2, -0.15) is 13.2 Å². The maximum atomic E-state index is 12.8. The Kier molecular flexibility index (Phi) is 6.18. The zero-order chi connectivity index (χ0) is 22.7. The van der Waals surface area contributed by atoms with Crippen LogP contribution in [0, 0.1) is 0 Å². The van der Waals surface area contributed by atoms with Crippen molar-refractivity contribution in [3.63, 3.8) is 0 Å². The van der Waals surface area contributed by atoms with E-state index in [-0.39, 0.29) is 11.4 Å². The van der Waals surface area contributed by atoms with Crippen molar-refractivity contribution in [1.29, 1.82) is 0 Å². The summed E-state index contributed by atoms with van der Waals surface area (Å²) in [6.07, 6.45) is -3.88. The summed E-state index contributed by atoms with van der Waals surface area (Å²) in [5, 5.41) is 13.8. The summed E-state index contributed by atoms with van der Waals surface area (Å²) < 4.78 is 40.3. The molecular formula is C23H19F3N4OS. The number of rotatable bonds is 6. The maximum absolute atomic E-state index is 12.8. The minimum atomic E-state index is -4.46. The molecule has 3 aromatic carbocycles. The van der Waals surface area contributed by atoms with E-state index in [4.69, 9.17) is 0 Å². The van der Waals surface area contributed by atoms with Crippen LogP contribution in [0.15, 0.2) is 71.9 Å². The van der Waals surface area contributed by atoms with Crippen LogP contribution in [0.2, 0.25) is 0 Å². The number of alkyl halides is 3. The van der Waals surface area contributed by atoms with Crippen LogP contribution in [0.4, 0.5) is 18.9 Å². The highest BCUT2D eigenvalue weighted by Crippen LogP contribution is 2.30. The van der Waals surface area contributed by atoms with Crippen molar-refractivity contribution < 1.29 is 18.0 Å². The monoisotopic (exact) mass is 456 g/mol. The van der Waals surface area contributed by atoms with Crippen molar-refractivity contribution in [2.45, 2.75) is 17.8 Å². The lowest BCUT2D eigenvalue weighted by molar-refractivity contribution is -0.137. The predicted molar refractivity (Wildman–Crippen MR) is 119 cm³/mol. The number of halogens is 3. The van der Waals surface area contributed by atoms with Gasteiger partial charge in [-0.15, -0.1) is 10.2 Å². The van der Waals surface area contributed by atoms with E-state index in [2.05, 4.69) is 33.7 Å². The van der Waals surface area contributed by atoms with Crippen LogP contribution in [0.5, 0.6) is 0 Å². The van der Waals surface area contributed by atoms with E-state index in [1.807, 2.05) is 35.9 Å². The third-order valence-corrected chi connectivity index (χ3v) is 5.98. The number of aromatic nitrogens is 3. The molecule has 1 N–H and O–H groups in total. The van der Waals surface area contributed by atoms with Gasteiger partial charge in [-0.25, -0.2) is 0 Å². The van der Waals surface area contributed by atoms with Crippen molar-refractivity contribution in [2.24, 2.45) is 7.05 Å². The van der Waals surface area contributed by atoms with Crippen molar-refractivity contribution in [1.82, 2.24) is 14.8 Å². The summed E-state index contributed by atoms with van der Waals surface area (Å²) in [4.78, 5) is 12.2. The molecule has 1 amide bonds. The van der Waals surface area contributed by atoms with Crippen molar-refractivity contribution in [3.05, 3.63) is 83.7 Å². The maximum Gasteiger partial charge on any atom is 0.416 e. The summed E-state index contributed by atoms with van der Waals surface area (Å²) in [7, 11) is 1.83. The van der Waals surface area contributed by atoms with E-state index in [0.29, 0.717) is 11.6 Å². The number of fused-ring (bicyclic) bond motifs is 1. The van der Waals surface area contributed by atoms with Gasteiger partial charge in [0, 0.05) is 19.2 Å². The average Bonchev–Trinajstić information content (AvgIpc) is 3.11. The van der Waals surface area contributed by atoms with Crippen molar-refractivity contribution >= 4 is 34.1 Å². The molecule has 32 heavy (non-hydrogen) atoms. The second kappa shape index (κ2) is 9.04. The van der Waals surface area contributed by atoms with Gasteiger partial charge in [0.15, 0.2) is 5.16 Å². The molecule has 0 bridgehead atoms. The molecule has 0 saturated heterocycles.